The smallest absolute Gasteiger partial charge is 0.176 e. The van der Waals surface area contributed by atoms with Crippen molar-refractivity contribution in [2.75, 3.05) is 6.61 Å². The van der Waals surface area contributed by atoms with E-state index in [2.05, 4.69) is 18.8 Å². The van der Waals surface area contributed by atoms with Crippen LogP contribution in [0.3, 0.4) is 0 Å². The van der Waals surface area contributed by atoms with Crippen LogP contribution in [0.5, 0.6) is 11.5 Å². The molecule has 0 unspecified atom stereocenters. The number of phenolic OH excluding ortho intramolecular Hbond substituents is 1. The zero-order valence-corrected chi connectivity index (χ0v) is 13.1. The number of rotatable bonds is 4. The van der Waals surface area contributed by atoms with Crippen LogP contribution in [0.4, 0.5) is 5.69 Å². The molecule has 0 aliphatic carbocycles. The highest BCUT2D eigenvalue weighted by molar-refractivity contribution is 6.32. The molecule has 0 heterocycles. The molecule has 0 spiro atoms. The molecule has 21 heavy (non-hydrogen) atoms. The largest absolute Gasteiger partial charge is 0.503 e. The standard InChI is InChI=1S/C17H18ClNO2/c1-4-21-16-9-13(8-15(18)17(16)20)10-19-14-6-5-11(2)12(3)7-14/h5-10,20H,4H2,1-3H3. The van der Waals surface area contributed by atoms with E-state index in [1.165, 1.54) is 11.1 Å². The molecule has 2 aromatic carbocycles. The highest BCUT2D eigenvalue weighted by Gasteiger charge is 2.08. The fourth-order valence-corrected chi connectivity index (χ4v) is 2.11. The third-order valence-electron chi connectivity index (χ3n) is 3.20. The Morgan fingerprint density at radius 2 is 1.95 bits per heavy atom. The molecule has 2 rings (SSSR count). The number of halogens is 1. The van der Waals surface area contributed by atoms with Crippen LogP contribution in [-0.2, 0) is 0 Å². The Hall–Kier alpha value is -2.00. The van der Waals surface area contributed by atoms with Gasteiger partial charge in [0.1, 0.15) is 0 Å². The van der Waals surface area contributed by atoms with Gasteiger partial charge in [-0.05, 0) is 61.7 Å². The van der Waals surface area contributed by atoms with E-state index < -0.39 is 0 Å². The molecule has 0 aliphatic heterocycles. The first-order valence-electron chi connectivity index (χ1n) is 6.78. The highest BCUT2D eigenvalue weighted by Crippen LogP contribution is 2.34. The number of ether oxygens (including phenoxy) is 1. The summed E-state index contributed by atoms with van der Waals surface area (Å²) >= 11 is 5.99. The van der Waals surface area contributed by atoms with Crippen LogP contribution in [0.1, 0.15) is 23.6 Å². The van der Waals surface area contributed by atoms with Crippen molar-refractivity contribution in [2.24, 2.45) is 4.99 Å². The second kappa shape index (κ2) is 6.64. The van der Waals surface area contributed by atoms with Crippen LogP contribution in [0, 0.1) is 13.8 Å². The Morgan fingerprint density at radius 3 is 2.62 bits per heavy atom. The first-order chi connectivity index (χ1) is 10.0. The van der Waals surface area contributed by atoms with Gasteiger partial charge in [0, 0.05) is 6.21 Å². The van der Waals surface area contributed by atoms with Crippen molar-refractivity contribution in [3.8, 4) is 11.5 Å². The van der Waals surface area contributed by atoms with E-state index in [-0.39, 0.29) is 10.8 Å². The fourth-order valence-electron chi connectivity index (χ4n) is 1.89. The number of hydrogen-bond donors (Lipinski definition) is 1. The normalized spacial score (nSPS) is 11.0. The predicted octanol–water partition coefficient (Wildman–Crippen LogP) is 4.81. The van der Waals surface area contributed by atoms with Gasteiger partial charge in [0.05, 0.1) is 17.3 Å². The quantitative estimate of drug-likeness (QED) is 0.823. The van der Waals surface area contributed by atoms with Gasteiger partial charge in [0.15, 0.2) is 11.5 Å². The monoisotopic (exact) mass is 303 g/mol. The molecule has 0 saturated carbocycles. The minimum Gasteiger partial charge on any atom is -0.503 e. The number of aromatic hydroxyl groups is 1. The van der Waals surface area contributed by atoms with Crippen LogP contribution >= 0.6 is 11.6 Å². The van der Waals surface area contributed by atoms with Crippen molar-refractivity contribution in [3.63, 3.8) is 0 Å². The first-order valence-corrected chi connectivity index (χ1v) is 7.15. The van der Waals surface area contributed by atoms with Crippen LogP contribution in [0.25, 0.3) is 0 Å². The molecule has 110 valence electrons. The zero-order valence-electron chi connectivity index (χ0n) is 12.4. The summed E-state index contributed by atoms with van der Waals surface area (Å²) in [6.07, 6.45) is 1.71. The maximum Gasteiger partial charge on any atom is 0.176 e. The molecule has 0 aliphatic rings. The van der Waals surface area contributed by atoms with E-state index in [0.717, 1.165) is 11.3 Å². The lowest BCUT2D eigenvalue weighted by Gasteiger charge is -2.08. The van der Waals surface area contributed by atoms with Crippen molar-refractivity contribution >= 4 is 23.5 Å². The molecule has 0 aromatic heterocycles. The van der Waals surface area contributed by atoms with Gasteiger partial charge in [0.25, 0.3) is 0 Å². The lowest BCUT2D eigenvalue weighted by atomic mass is 10.1. The Morgan fingerprint density at radius 1 is 1.19 bits per heavy atom. The van der Waals surface area contributed by atoms with Gasteiger partial charge < -0.3 is 9.84 Å². The summed E-state index contributed by atoms with van der Waals surface area (Å²) in [5, 5.41) is 10.1. The summed E-state index contributed by atoms with van der Waals surface area (Å²) < 4.78 is 5.35. The maximum absolute atomic E-state index is 9.80. The summed E-state index contributed by atoms with van der Waals surface area (Å²) in [4.78, 5) is 4.43. The molecule has 3 nitrogen and oxygen atoms in total. The number of benzene rings is 2. The summed E-state index contributed by atoms with van der Waals surface area (Å²) in [6.45, 7) is 6.43. The molecule has 0 radical (unpaired) electrons. The van der Waals surface area contributed by atoms with Gasteiger partial charge in [-0.25, -0.2) is 0 Å². The van der Waals surface area contributed by atoms with Crippen molar-refractivity contribution < 1.29 is 9.84 Å². The van der Waals surface area contributed by atoms with Crippen LogP contribution in [0.15, 0.2) is 35.3 Å². The van der Waals surface area contributed by atoms with Crippen molar-refractivity contribution in [1.82, 2.24) is 0 Å². The SMILES string of the molecule is CCOc1cc(C=Nc2ccc(C)c(C)c2)cc(Cl)c1O. The van der Waals surface area contributed by atoms with Crippen molar-refractivity contribution in [1.29, 1.82) is 0 Å². The molecule has 2 aromatic rings. The third kappa shape index (κ3) is 3.76. The fraction of sp³-hybridized carbons (Fsp3) is 0.235. The Balaban J connectivity index is 2.30. The average Bonchev–Trinajstić information content (AvgIpc) is 2.45. The number of nitrogens with zero attached hydrogens (tertiary/aromatic N) is 1. The molecular formula is C17H18ClNO2. The zero-order chi connectivity index (χ0) is 15.4. The van der Waals surface area contributed by atoms with Gasteiger partial charge >= 0.3 is 0 Å². The van der Waals surface area contributed by atoms with Gasteiger partial charge in [0.2, 0.25) is 0 Å². The minimum absolute atomic E-state index is 0.0400. The van der Waals surface area contributed by atoms with E-state index in [9.17, 15) is 5.11 Å². The first kappa shape index (κ1) is 15.4. The van der Waals surface area contributed by atoms with Gasteiger partial charge in [-0.15, -0.1) is 0 Å². The Bertz CT molecular complexity index is 681. The van der Waals surface area contributed by atoms with E-state index in [4.69, 9.17) is 16.3 Å². The molecule has 0 atom stereocenters. The molecule has 0 saturated heterocycles. The van der Waals surface area contributed by atoms with Crippen molar-refractivity contribution in [3.05, 3.63) is 52.0 Å². The molecular weight excluding hydrogens is 286 g/mol. The topological polar surface area (TPSA) is 41.8 Å². The number of aliphatic imine (C=N–C) groups is 1. The second-order valence-electron chi connectivity index (χ2n) is 4.81. The molecule has 0 fully saturated rings. The highest BCUT2D eigenvalue weighted by atomic mass is 35.5. The van der Waals surface area contributed by atoms with Gasteiger partial charge in [-0.1, -0.05) is 17.7 Å². The Labute approximate surface area is 129 Å². The van der Waals surface area contributed by atoms with Crippen LogP contribution in [0.2, 0.25) is 5.02 Å². The van der Waals surface area contributed by atoms with E-state index >= 15 is 0 Å². The van der Waals surface area contributed by atoms with Gasteiger partial charge in [-0.3, -0.25) is 4.99 Å². The summed E-state index contributed by atoms with van der Waals surface area (Å²) in [7, 11) is 0. The minimum atomic E-state index is -0.0400. The Kier molecular flexibility index (Phi) is 4.86. The third-order valence-corrected chi connectivity index (χ3v) is 3.49. The van der Waals surface area contributed by atoms with Crippen molar-refractivity contribution in [2.45, 2.75) is 20.8 Å². The second-order valence-corrected chi connectivity index (χ2v) is 5.22. The summed E-state index contributed by atoms with van der Waals surface area (Å²) in [5.74, 6) is 0.327. The van der Waals surface area contributed by atoms with Crippen LogP contribution in [-0.4, -0.2) is 17.9 Å². The average molecular weight is 304 g/mol. The molecule has 0 amide bonds. The summed E-state index contributed by atoms with van der Waals surface area (Å²) in [6, 6.07) is 9.40. The molecule has 4 heteroatoms. The summed E-state index contributed by atoms with van der Waals surface area (Å²) in [5.41, 5.74) is 4.09. The number of aryl methyl sites for hydroxylation is 2. The number of phenols is 1. The predicted molar refractivity (Wildman–Crippen MR) is 87.5 cm³/mol. The van der Waals surface area contributed by atoms with Gasteiger partial charge in [-0.2, -0.15) is 0 Å². The molecule has 1 N–H and O–H groups in total. The lowest BCUT2D eigenvalue weighted by molar-refractivity contribution is 0.318. The van der Waals surface area contributed by atoms with E-state index in [1.54, 1.807) is 18.3 Å². The number of hydrogen-bond acceptors (Lipinski definition) is 3. The van der Waals surface area contributed by atoms with E-state index in [1.807, 2.05) is 25.1 Å². The van der Waals surface area contributed by atoms with E-state index in [0.29, 0.717) is 12.4 Å². The molecule has 0 bridgehead atoms. The maximum atomic E-state index is 9.80. The van der Waals surface area contributed by atoms with Crippen LogP contribution < -0.4 is 4.74 Å². The lowest BCUT2D eigenvalue weighted by Crippen LogP contribution is -1.94.